The van der Waals surface area contributed by atoms with E-state index in [1.807, 2.05) is 0 Å². The minimum atomic E-state index is -0.607. The monoisotopic (exact) mass is 334 g/mol. The van der Waals surface area contributed by atoms with Crippen molar-refractivity contribution < 1.29 is 18.5 Å². The first kappa shape index (κ1) is 17.5. The lowest BCUT2D eigenvalue weighted by Crippen LogP contribution is -2.22. The topological polar surface area (TPSA) is 124 Å². The summed E-state index contributed by atoms with van der Waals surface area (Å²) in [6.45, 7) is 0. The molecule has 0 spiro atoms. The van der Waals surface area contributed by atoms with Crippen LogP contribution in [0.5, 0.6) is 0 Å². The van der Waals surface area contributed by atoms with E-state index >= 15 is 0 Å². The average molecular weight is 334 g/mol. The maximum Gasteiger partial charge on any atom is 0.225 e. The van der Waals surface area contributed by atoms with E-state index in [1.165, 1.54) is 18.4 Å². The van der Waals surface area contributed by atoms with Crippen molar-refractivity contribution in [3.63, 3.8) is 0 Å². The Balaban J connectivity index is 1.83. The molecule has 0 saturated carbocycles. The number of primary amides is 1. The Morgan fingerprint density at radius 3 is 2.71 bits per heavy atom. The minimum Gasteiger partial charge on any atom is -0.398 e. The number of hydrogen-bond acceptors (Lipinski definition) is 5. The van der Waals surface area contributed by atoms with Gasteiger partial charge in [0.2, 0.25) is 11.8 Å². The number of amides is 2. The van der Waals surface area contributed by atoms with Crippen LogP contribution < -0.4 is 16.8 Å². The molecule has 0 fully saturated rings. The fourth-order valence-electron chi connectivity index (χ4n) is 2.43. The van der Waals surface area contributed by atoms with Gasteiger partial charge in [-0.15, -0.1) is 0 Å². The van der Waals surface area contributed by atoms with Crippen LogP contribution in [0.4, 0.5) is 15.9 Å². The molecule has 1 unspecified atom stereocenters. The van der Waals surface area contributed by atoms with Gasteiger partial charge < -0.3 is 21.3 Å². The Labute approximate surface area is 138 Å². The van der Waals surface area contributed by atoms with Gasteiger partial charge in [0.15, 0.2) is 5.82 Å². The molecule has 0 aliphatic carbocycles. The van der Waals surface area contributed by atoms with Crippen LogP contribution in [0.1, 0.15) is 37.2 Å². The highest BCUT2D eigenvalue weighted by atomic mass is 19.1. The largest absolute Gasteiger partial charge is 0.398 e. The first-order valence-corrected chi connectivity index (χ1v) is 7.52. The van der Waals surface area contributed by atoms with E-state index in [-0.39, 0.29) is 18.0 Å². The highest BCUT2D eigenvalue weighted by Crippen LogP contribution is 2.27. The van der Waals surface area contributed by atoms with Gasteiger partial charge in [-0.3, -0.25) is 9.59 Å². The molecule has 8 heteroatoms. The number of benzene rings is 1. The first-order chi connectivity index (χ1) is 11.5. The second kappa shape index (κ2) is 8.09. The average Bonchev–Trinajstić information content (AvgIpc) is 3.01. The van der Waals surface area contributed by atoms with Gasteiger partial charge in [0.1, 0.15) is 12.1 Å². The lowest BCUT2D eigenvalue weighted by atomic mass is 9.91. The van der Waals surface area contributed by atoms with Crippen LogP contribution in [-0.2, 0) is 9.59 Å². The number of nitrogens with two attached hydrogens (primary N) is 2. The Bertz CT molecular complexity index is 703. The molecule has 1 atom stereocenters. The SMILES string of the molecule is NC(=O)C(CCCCC(=O)Nc1ccon1)c1ccc(F)cc1N. The lowest BCUT2D eigenvalue weighted by Gasteiger charge is -2.16. The van der Waals surface area contributed by atoms with Gasteiger partial charge in [0, 0.05) is 18.2 Å². The van der Waals surface area contributed by atoms with Crippen molar-refractivity contribution in [2.24, 2.45) is 5.73 Å². The van der Waals surface area contributed by atoms with Crippen molar-refractivity contribution in [2.75, 3.05) is 11.1 Å². The van der Waals surface area contributed by atoms with E-state index in [0.29, 0.717) is 30.6 Å². The summed E-state index contributed by atoms with van der Waals surface area (Å²) in [7, 11) is 0. The summed E-state index contributed by atoms with van der Waals surface area (Å²) in [6.07, 6.45) is 3.23. The van der Waals surface area contributed by atoms with Crippen LogP contribution >= 0.6 is 0 Å². The molecule has 1 heterocycles. The molecule has 0 radical (unpaired) electrons. The summed E-state index contributed by atoms with van der Waals surface area (Å²) in [5.74, 6) is -1.44. The molecule has 0 aliphatic heterocycles. The quantitative estimate of drug-likeness (QED) is 0.504. The number of nitrogen functional groups attached to an aromatic ring is 1. The molecular formula is C16H19FN4O3. The van der Waals surface area contributed by atoms with E-state index in [4.69, 9.17) is 11.5 Å². The third-order valence-corrected chi connectivity index (χ3v) is 3.62. The number of nitrogens with one attached hydrogen (secondary N) is 1. The maximum atomic E-state index is 13.1. The number of rotatable bonds is 8. The molecule has 24 heavy (non-hydrogen) atoms. The number of hydrogen-bond donors (Lipinski definition) is 3. The van der Waals surface area contributed by atoms with Crippen molar-refractivity contribution in [2.45, 2.75) is 31.6 Å². The van der Waals surface area contributed by atoms with E-state index in [2.05, 4.69) is 15.0 Å². The number of anilines is 2. The molecule has 1 aromatic heterocycles. The molecule has 0 saturated heterocycles. The van der Waals surface area contributed by atoms with Gasteiger partial charge in [0.25, 0.3) is 0 Å². The normalized spacial score (nSPS) is 11.9. The third-order valence-electron chi connectivity index (χ3n) is 3.62. The molecule has 7 nitrogen and oxygen atoms in total. The summed E-state index contributed by atoms with van der Waals surface area (Å²) in [5.41, 5.74) is 11.9. The Kier molecular flexibility index (Phi) is 5.89. The molecule has 5 N–H and O–H groups in total. The van der Waals surface area contributed by atoms with Crippen LogP contribution in [0.25, 0.3) is 0 Å². The van der Waals surface area contributed by atoms with Gasteiger partial charge in [-0.2, -0.15) is 0 Å². The van der Waals surface area contributed by atoms with E-state index in [9.17, 15) is 14.0 Å². The zero-order chi connectivity index (χ0) is 17.5. The minimum absolute atomic E-state index is 0.194. The van der Waals surface area contributed by atoms with Crippen LogP contribution in [0.3, 0.4) is 0 Å². The number of nitrogens with zero attached hydrogens (tertiary/aromatic N) is 1. The summed E-state index contributed by atoms with van der Waals surface area (Å²) in [4.78, 5) is 23.4. The standard InChI is InChI=1S/C16H19FN4O3/c17-10-5-6-11(13(18)9-10)12(16(19)23)3-1-2-4-15(22)20-14-7-8-24-21-14/h5-9,12H,1-4,18H2,(H2,19,23)(H,20,21,22). The van der Waals surface area contributed by atoms with Crippen molar-refractivity contribution in [3.05, 3.63) is 41.9 Å². The summed E-state index contributed by atoms with van der Waals surface area (Å²) >= 11 is 0. The second-order valence-electron chi connectivity index (χ2n) is 5.41. The van der Waals surface area contributed by atoms with Gasteiger partial charge >= 0.3 is 0 Å². The zero-order valence-electron chi connectivity index (χ0n) is 13.0. The van der Waals surface area contributed by atoms with Crippen LogP contribution in [0, 0.1) is 5.82 Å². The summed E-state index contributed by atoms with van der Waals surface area (Å²) < 4.78 is 17.7. The van der Waals surface area contributed by atoms with Crippen LogP contribution in [-0.4, -0.2) is 17.0 Å². The van der Waals surface area contributed by atoms with Gasteiger partial charge in [-0.25, -0.2) is 4.39 Å². The lowest BCUT2D eigenvalue weighted by molar-refractivity contribution is -0.119. The molecule has 0 aliphatic rings. The van der Waals surface area contributed by atoms with Gasteiger partial charge in [-0.05, 0) is 30.5 Å². The number of halogens is 1. The van der Waals surface area contributed by atoms with Crippen molar-refractivity contribution in [1.82, 2.24) is 5.16 Å². The smallest absolute Gasteiger partial charge is 0.225 e. The molecule has 128 valence electrons. The van der Waals surface area contributed by atoms with Crippen molar-refractivity contribution >= 4 is 23.3 Å². The number of carbonyl (C=O) groups excluding carboxylic acids is 2. The van der Waals surface area contributed by atoms with Crippen LogP contribution in [0.2, 0.25) is 0 Å². The number of unbranched alkanes of at least 4 members (excludes halogenated alkanes) is 1. The predicted molar refractivity (Wildman–Crippen MR) is 86.3 cm³/mol. The molecule has 1 aromatic carbocycles. The van der Waals surface area contributed by atoms with E-state index in [1.54, 1.807) is 6.07 Å². The molecule has 2 aromatic rings. The second-order valence-corrected chi connectivity index (χ2v) is 5.41. The van der Waals surface area contributed by atoms with Gasteiger partial charge in [-0.1, -0.05) is 17.6 Å². The Morgan fingerprint density at radius 1 is 1.29 bits per heavy atom. The summed E-state index contributed by atoms with van der Waals surface area (Å²) in [6, 6.07) is 5.42. The maximum absolute atomic E-state index is 13.1. The zero-order valence-corrected chi connectivity index (χ0v) is 13.0. The molecule has 2 rings (SSSR count). The third kappa shape index (κ3) is 4.80. The summed E-state index contributed by atoms with van der Waals surface area (Å²) in [5, 5.41) is 6.16. The Morgan fingerprint density at radius 2 is 2.08 bits per heavy atom. The van der Waals surface area contributed by atoms with Gasteiger partial charge in [0.05, 0.1) is 5.92 Å². The van der Waals surface area contributed by atoms with Crippen LogP contribution in [0.15, 0.2) is 35.1 Å². The highest BCUT2D eigenvalue weighted by Gasteiger charge is 2.20. The van der Waals surface area contributed by atoms with E-state index < -0.39 is 17.6 Å². The van der Waals surface area contributed by atoms with Crippen molar-refractivity contribution in [1.29, 1.82) is 0 Å². The molecule has 0 bridgehead atoms. The predicted octanol–water partition coefficient (Wildman–Crippen LogP) is 2.16. The van der Waals surface area contributed by atoms with Crippen molar-refractivity contribution in [3.8, 4) is 0 Å². The molecule has 2 amide bonds. The fraction of sp³-hybridized carbons (Fsp3) is 0.312. The van der Waals surface area contributed by atoms with E-state index in [0.717, 1.165) is 6.07 Å². The number of carbonyl (C=O) groups is 2. The fourth-order valence-corrected chi connectivity index (χ4v) is 2.43. The highest BCUT2D eigenvalue weighted by molar-refractivity contribution is 5.89. The molecular weight excluding hydrogens is 315 g/mol. The first-order valence-electron chi connectivity index (χ1n) is 7.52. The number of aromatic nitrogens is 1. The Hall–Kier alpha value is -2.90.